The number of rotatable bonds is 4. The monoisotopic (exact) mass is 209 g/mol. The predicted molar refractivity (Wildman–Crippen MR) is 54.9 cm³/mol. The molecule has 0 radical (unpaired) electrons. The summed E-state index contributed by atoms with van der Waals surface area (Å²) in [6.45, 7) is -0.0743. The summed E-state index contributed by atoms with van der Waals surface area (Å²) >= 11 is 0. The topological polar surface area (TPSA) is 137 Å². The third kappa shape index (κ3) is 2.83. The number of anilines is 2. The first-order chi connectivity index (χ1) is 7.00. The minimum Gasteiger partial charge on any atom is -0.397 e. The van der Waals surface area contributed by atoms with Gasteiger partial charge in [0.2, 0.25) is 5.91 Å². The van der Waals surface area contributed by atoms with Gasteiger partial charge in [-0.1, -0.05) is 0 Å². The minimum absolute atomic E-state index is 0.0743. The van der Waals surface area contributed by atoms with Crippen molar-refractivity contribution in [1.82, 2.24) is 4.98 Å². The Labute approximate surface area is 85.6 Å². The van der Waals surface area contributed by atoms with Crippen LogP contribution in [0.4, 0.5) is 11.5 Å². The van der Waals surface area contributed by atoms with Gasteiger partial charge in [-0.3, -0.25) is 9.59 Å². The van der Waals surface area contributed by atoms with Crippen molar-refractivity contribution in [3.05, 3.63) is 17.8 Å². The van der Waals surface area contributed by atoms with Crippen LogP contribution in [0.3, 0.4) is 0 Å². The fourth-order valence-electron chi connectivity index (χ4n) is 0.954. The Bertz CT molecular complexity index is 404. The molecule has 0 spiro atoms. The number of aromatic nitrogens is 1. The molecule has 0 aliphatic rings. The van der Waals surface area contributed by atoms with Crippen molar-refractivity contribution in [2.45, 2.75) is 0 Å². The summed E-state index contributed by atoms with van der Waals surface area (Å²) in [6, 6.07) is 1.36. The van der Waals surface area contributed by atoms with Gasteiger partial charge in [-0.15, -0.1) is 0 Å². The highest BCUT2D eigenvalue weighted by molar-refractivity contribution is 5.98. The van der Waals surface area contributed by atoms with Crippen molar-refractivity contribution >= 4 is 23.3 Å². The largest absolute Gasteiger partial charge is 0.397 e. The van der Waals surface area contributed by atoms with Crippen LogP contribution in [-0.4, -0.2) is 23.3 Å². The Morgan fingerprint density at radius 3 is 2.60 bits per heavy atom. The second-order valence-corrected chi connectivity index (χ2v) is 2.84. The van der Waals surface area contributed by atoms with E-state index < -0.39 is 11.8 Å². The van der Waals surface area contributed by atoms with Crippen LogP contribution in [0.25, 0.3) is 0 Å². The summed E-state index contributed by atoms with van der Waals surface area (Å²) in [5, 5.41) is 2.62. The molecule has 0 atom stereocenters. The lowest BCUT2D eigenvalue weighted by Gasteiger charge is -2.05. The van der Waals surface area contributed by atoms with E-state index in [0.717, 1.165) is 0 Å². The maximum absolute atomic E-state index is 10.9. The SMILES string of the molecule is NC(=O)CNc1cc(C(N)=O)c(N)cn1. The maximum Gasteiger partial charge on any atom is 0.250 e. The van der Waals surface area contributed by atoms with E-state index in [1.807, 2.05) is 0 Å². The van der Waals surface area contributed by atoms with E-state index in [0.29, 0.717) is 5.82 Å². The number of amides is 2. The van der Waals surface area contributed by atoms with Crippen LogP contribution in [-0.2, 0) is 4.79 Å². The van der Waals surface area contributed by atoms with Crippen LogP contribution in [0.5, 0.6) is 0 Å². The Morgan fingerprint density at radius 2 is 2.07 bits per heavy atom. The number of carbonyl (C=O) groups is 2. The van der Waals surface area contributed by atoms with Crippen molar-refractivity contribution in [3.63, 3.8) is 0 Å². The molecule has 0 aromatic carbocycles. The number of pyridine rings is 1. The van der Waals surface area contributed by atoms with Crippen molar-refractivity contribution in [2.24, 2.45) is 11.5 Å². The summed E-state index contributed by atoms with van der Waals surface area (Å²) in [5.41, 5.74) is 15.8. The molecular formula is C8H11N5O2. The van der Waals surface area contributed by atoms with Crippen molar-refractivity contribution in [2.75, 3.05) is 17.6 Å². The van der Waals surface area contributed by atoms with Crippen LogP contribution < -0.4 is 22.5 Å². The van der Waals surface area contributed by atoms with E-state index >= 15 is 0 Å². The van der Waals surface area contributed by atoms with Gasteiger partial charge in [0.05, 0.1) is 24.0 Å². The fraction of sp³-hybridized carbons (Fsp3) is 0.125. The van der Waals surface area contributed by atoms with E-state index in [2.05, 4.69) is 10.3 Å². The molecule has 0 bridgehead atoms. The molecule has 0 aliphatic carbocycles. The molecule has 1 heterocycles. The number of nitrogens with one attached hydrogen (secondary N) is 1. The minimum atomic E-state index is -0.656. The van der Waals surface area contributed by atoms with E-state index in [9.17, 15) is 9.59 Å². The third-order valence-electron chi connectivity index (χ3n) is 1.64. The lowest BCUT2D eigenvalue weighted by atomic mass is 10.2. The number of hydrogen-bond donors (Lipinski definition) is 4. The van der Waals surface area contributed by atoms with Gasteiger partial charge in [0, 0.05) is 0 Å². The summed E-state index contributed by atoms with van der Waals surface area (Å²) in [7, 11) is 0. The number of nitrogens with zero attached hydrogens (tertiary/aromatic N) is 1. The van der Waals surface area contributed by atoms with Gasteiger partial charge < -0.3 is 22.5 Å². The quantitative estimate of drug-likeness (QED) is 0.486. The predicted octanol–water partition coefficient (Wildman–Crippen LogP) is -1.34. The first-order valence-electron chi connectivity index (χ1n) is 4.08. The number of nitrogen functional groups attached to an aromatic ring is 1. The summed E-state index contributed by atoms with van der Waals surface area (Å²) in [6.07, 6.45) is 1.28. The number of carbonyl (C=O) groups excluding carboxylic acids is 2. The third-order valence-corrected chi connectivity index (χ3v) is 1.64. The van der Waals surface area contributed by atoms with E-state index in [-0.39, 0.29) is 17.8 Å². The Hall–Kier alpha value is -2.31. The fourth-order valence-corrected chi connectivity index (χ4v) is 0.954. The van der Waals surface area contributed by atoms with E-state index in [1.54, 1.807) is 0 Å². The zero-order valence-corrected chi connectivity index (χ0v) is 7.86. The molecule has 0 saturated heterocycles. The first-order valence-corrected chi connectivity index (χ1v) is 4.08. The van der Waals surface area contributed by atoms with Gasteiger partial charge in [-0.25, -0.2) is 4.98 Å². The molecule has 1 rings (SSSR count). The number of hydrogen-bond acceptors (Lipinski definition) is 5. The smallest absolute Gasteiger partial charge is 0.250 e. The molecule has 7 nitrogen and oxygen atoms in total. The average molecular weight is 209 g/mol. The lowest BCUT2D eigenvalue weighted by Crippen LogP contribution is -2.22. The Morgan fingerprint density at radius 1 is 1.40 bits per heavy atom. The van der Waals surface area contributed by atoms with Crippen LogP contribution in [0.1, 0.15) is 10.4 Å². The van der Waals surface area contributed by atoms with Crippen molar-refractivity contribution in [3.8, 4) is 0 Å². The summed E-state index contributed by atoms with van der Waals surface area (Å²) in [5.74, 6) is -0.872. The van der Waals surface area contributed by atoms with Gasteiger partial charge >= 0.3 is 0 Å². The summed E-state index contributed by atoms with van der Waals surface area (Å²) < 4.78 is 0. The van der Waals surface area contributed by atoms with Crippen LogP contribution in [0, 0.1) is 0 Å². The molecule has 0 aliphatic heterocycles. The molecule has 0 fully saturated rings. The number of nitrogens with two attached hydrogens (primary N) is 3. The van der Waals surface area contributed by atoms with Crippen molar-refractivity contribution in [1.29, 1.82) is 0 Å². The molecule has 1 aromatic rings. The highest BCUT2D eigenvalue weighted by Crippen LogP contribution is 2.13. The highest BCUT2D eigenvalue weighted by Gasteiger charge is 2.07. The van der Waals surface area contributed by atoms with Gasteiger partial charge in [0.25, 0.3) is 5.91 Å². The van der Waals surface area contributed by atoms with Gasteiger partial charge in [0.15, 0.2) is 0 Å². The van der Waals surface area contributed by atoms with Crippen LogP contribution in [0.2, 0.25) is 0 Å². The molecular weight excluding hydrogens is 198 g/mol. The molecule has 0 saturated carbocycles. The maximum atomic E-state index is 10.9. The molecule has 80 valence electrons. The van der Waals surface area contributed by atoms with Crippen LogP contribution >= 0.6 is 0 Å². The highest BCUT2D eigenvalue weighted by atomic mass is 16.1. The normalized spacial score (nSPS) is 9.60. The van der Waals surface area contributed by atoms with Crippen molar-refractivity contribution < 1.29 is 9.59 Å². The molecule has 15 heavy (non-hydrogen) atoms. The molecule has 0 unspecified atom stereocenters. The van der Waals surface area contributed by atoms with Crippen LogP contribution in [0.15, 0.2) is 12.3 Å². The van der Waals surface area contributed by atoms with Gasteiger partial charge in [0.1, 0.15) is 5.82 Å². The zero-order chi connectivity index (χ0) is 11.4. The molecule has 2 amide bonds. The zero-order valence-electron chi connectivity index (χ0n) is 7.86. The average Bonchev–Trinajstić information content (AvgIpc) is 2.16. The molecule has 1 aromatic heterocycles. The van der Waals surface area contributed by atoms with Gasteiger partial charge in [-0.2, -0.15) is 0 Å². The molecule has 7 N–H and O–H groups in total. The first kappa shape index (κ1) is 10.8. The molecule has 7 heteroatoms. The standard InChI is InChI=1S/C8H11N5O2/c9-5-2-12-7(13-3-6(10)14)1-4(5)8(11)15/h1-2H,3,9H2,(H2,10,14)(H2,11,15)(H,12,13). The second kappa shape index (κ2) is 4.27. The van der Waals surface area contributed by atoms with E-state index in [1.165, 1.54) is 12.3 Å². The lowest BCUT2D eigenvalue weighted by molar-refractivity contribution is -0.116. The summed E-state index contributed by atoms with van der Waals surface area (Å²) in [4.78, 5) is 25.2. The second-order valence-electron chi connectivity index (χ2n) is 2.84. The Balaban J connectivity index is 2.87. The Kier molecular flexibility index (Phi) is 3.06. The number of primary amides is 2. The van der Waals surface area contributed by atoms with Gasteiger partial charge in [-0.05, 0) is 6.07 Å². The van der Waals surface area contributed by atoms with E-state index in [4.69, 9.17) is 17.2 Å².